The third-order valence-corrected chi connectivity index (χ3v) is 4.72. The lowest BCUT2D eigenvalue weighted by Crippen LogP contribution is -2.42. The number of aliphatic imine (C=N–C) groups is 1. The minimum absolute atomic E-state index is 0.124. The molecule has 1 heterocycles. The molecular weight excluding hydrogens is 299 g/mol. The Labute approximate surface area is 143 Å². The Morgan fingerprint density at radius 3 is 2.42 bits per heavy atom. The van der Waals surface area contributed by atoms with E-state index < -0.39 is 0 Å². The second kappa shape index (κ2) is 5.90. The van der Waals surface area contributed by atoms with Crippen LogP contribution in [0.2, 0.25) is 0 Å². The Balaban J connectivity index is 2.00. The molecule has 0 radical (unpaired) electrons. The van der Waals surface area contributed by atoms with Gasteiger partial charge in [-0.15, -0.1) is 0 Å². The molecule has 0 aromatic heterocycles. The zero-order valence-electron chi connectivity index (χ0n) is 14.9. The summed E-state index contributed by atoms with van der Waals surface area (Å²) in [5.74, 6) is -0.248. The summed E-state index contributed by atoms with van der Waals surface area (Å²) in [4.78, 5) is 6.51. The number of aryl methyl sites for hydroxylation is 1. The molecule has 0 aliphatic carbocycles. The van der Waals surface area contributed by atoms with Crippen LogP contribution in [-0.2, 0) is 0 Å². The van der Waals surface area contributed by atoms with Crippen molar-refractivity contribution in [2.75, 3.05) is 11.9 Å². The van der Waals surface area contributed by atoms with E-state index in [-0.39, 0.29) is 11.4 Å². The maximum Gasteiger partial charge on any atom is 0.134 e. The molecule has 0 atom stereocenters. The highest BCUT2D eigenvalue weighted by Gasteiger charge is 2.29. The van der Waals surface area contributed by atoms with Crippen molar-refractivity contribution in [1.82, 2.24) is 0 Å². The molecule has 0 bridgehead atoms. The van der Waals surface area contributed by atoms with Crippen LogP contribution in [0.25, 0.3) is 5.57 Å². The molecule has 0 fully saturated rings. The molecule has 2 nitrogen and oxygen atoms in total. The van der Waals surface area contributed by atoms with Crippen molar-refractivity contribution in [3.8, 4) is 0 Å². The maximum absolute atomic E-state index is 14.6. The van der Waals surface area contributed by atoms with Gasteiger partial charge in [0.1, 0.15) is 5.82 Å². The molecule has 3 rings (SSSR count). The SMILES string of the molecule is CC1=CC(C)(C)N(C)c2cc(F)c(C=Nc3ccc(C)cc3)cc21. The monoisotopic (exact) mass is 322 g/mol. The van der Waals surface area contributed by atoms with Gasteiger partial charge in [0.05, 0.1) is 11.2 Å². The zero-order chi connectivity index (χ0) is 17.5. The highest BCUT2D eigenvalue weighted by molar-refractivity contribution is 5.89. The first-order valence-corrected chi connectivity index (χ1v) is 8.16. The lowest BCUT2D eigenvalue weighted by atomic mass is 9.88. The number of hydrogen-bond donors (Lipinski definition) is 0. The maximum atomic E-state index is 14.6. The Kier molecular flexibility index (Phi) is 4.04. The molecule has 1 aliphatic rings. The van der Waals surface area contributed by atoms with Gasteiger partial charge in [0, 0.05) is 30.1 Å². The summed E-state index contributed by atoms with van der Waals surface area (Å²) in [6, 6.07) is 11.4. The van der Waals surface area contributed by atoms with Gasteiger partial charge in [-0.05, 0) is 57.5 Å². The van der Waals surface area contributed by atoms with Gasteiger partial charge in [0.2, 0.25) is 0 Å². The first-order valence-electron chi connectivity index (χ1n) is 8.16. The molecule has 0 spiro atoms. The number of rotatable bonds is 2. The highest BCUT2D eigenvalue weighted by Crippen LogP contribution is 2.38. The minimum Gasteiger partial charge on any atom is -0.365 e. The first kappa shape index (κ1) is 16.4. The predicted octanol–water partition coefficient (Wildman–Crippen LogP) is 5.52. The quantitative estimate of drug-likeness (QED) is 0.665. The summed E-state index contributed by atoms with van der Waals surface area (Å²) in [6.45, 7) is 8.37. The summed E-state index contributed by atoms with van der Waals surface area (Å²) in [5.41, 5.74) is 5.53. The van der Waals surface area contributed by atoms with Gasteiger partial charge in [-0.1, -0.05) is 23.8 Å². The molecule has 0 N–H and O–H groups in total. The molecule has 0 saturated heterocycles. The fraction of sp³-hybridized carbons (Fsp3) is 0.286. The molecule has 0 amide bonds. The number of hydrogen-bond acceptors (Lipinski definition) is 2. The number of anilines is 1. The molecule has 124 valence electrons. The summed E-state index contributed by atoms with van der Waals surface area (Å²) in [7, 11) is 2.00. The van der Waals surface area contributed by atoms with E-state index in [1.54, 1.807) is 12.3 Å². The standard InChI is InChI=1S/C21H23FN2/c1-14-6-8-17(9-7-14)23-13-16-10-18-15(2)12-21(3,4)24(5)20(18)11-19(16)22/h6-13H,1-5H3. The molecule has 2 aromatic carbocycles. The van der Waals surface area contributed by atoms with E-state index in [2.05, 4.69) is 36.7 Å². The third kappa shape index (κ3) is 2.99. The van der Waals surface area contributed by atoms with Crippen molar-refractivity contribution < 1.29 is 4.39 Å². The van der Waals surface area contributed by atoms with Gasteiger partial charge >= 0.3 is 0 Å². The van der Waals surface area contributed by atoms with E-state index in [0.29, 0.717) is 5.56 Å². The Bertz CT molecular complexity index is 830. The lowest BCUT2D eigenvalue weighted by Gasteiger charge is -2.40. The number of likely N-dealkylation sites (N-methyl/N-ethyl adjacent to an activating group) is 1. The van der Waals surface area contributed by atoms with Crippen molar-refractivity contribution in [2.24, 2.45) is 4.99 Å². The summed E-state index contributed by atoms with van der Waals surface area (Å²) in [5, 5.41) is 0. The van der Waals surface area contributed by atoms with Crippen molar-refractivity contribution >= 4 is 23.2 Å². The predicted molar refractivity (Wildman–Crippen MR) is 101 cm³/mol. The van der Waals surface area contributed by atoms with E-state index >= 15 is 0 Å². The van der Waals surface area contributed by atoms with Crippen molar-refractivity contribution in [2.45, 2.75) is 33.2 Å². The van der Waals surface area contributed by atoms with Crippen LogP contribution < -0.4 is 4.90 Å². The average Bonchev–Trinajstić information content (AvgIpc) is 2.52. The van der Waals surface area contributed by atoms with Gasteiger partial charge in [-0.3, -0.25) is 4.99 Å². The Morgan fingerprint density at radius 1 is 1.08 bits per heavy atom. The van der Waals surface area contributed by atoms with Crippen LogP contribution in [0.5, 0.6) is 0 Å². The van der Waals surface area contributed by atoms with E-state index in [1.807, 2.05) is 44.3 Å². The fourth-order valence-electron chi connectivity index (χ4n) is 3.06. The van der Waals surface area contributed by atoms with E-state index in [4.69, 9.17) is 0 Å². The molecule has 24 heavy (non-hydrogen) atoms. The minimum atomic E-state index is -0.248. The topological polar surface area (TPSA) is 15.6 Å². The smallest absolute Gasteiger partial charge is 0.134 e. The van der Waals surface area contributed by atoms with Crippen LogP contribution in [0.15, 0.2) is 47.5 Å². The second-order valence-electron chi connectivity index (χ2n) is 7.02. The van der Waals surface area contributed by atoms with Gasteiger partial charge < -0.3 is 4.90 Å². The Morgan fingerprint density at radius 2 is 1.75 bits per heavy atom. The molecule has 1 aliphatic heterocycles. The number of fused-ring (bicyclic) bond motifs is 1. The summed E-state index contributed by atoms with van der Waals surface area (Å²) in [6.07, 6.45) is 3.82. The van der Waals surface area contributed by atoms with E-state index in [0.717, 1.165) is 22.5 Å². The van der Waals surface area contributed by atoms with Crippen LogP contribution in [0, 0.1) is 12.7 Å². The normalized spacial score (nSPS) is 16.2. The second-order valence-corrected chi connectivity index (χ2v) is 7.02. The van der Waals surface area contributed by atoms with Gasteiger partial charge in [-0.25, -0.2) is 4.39 Å². The van der Waals surface area contributed by atoms with Crippen LogP contribution in [0.4, 0.5) is 15.8 Å². The number of halogens is 1. The summed E-state index contributed by atoms with van der Waals surface area (Å²) < 4.78 is 14.6. The Hall–Kier alpha value is -2.42. The average molecular weight is 322 g/mol. The lowest BCUT2D eigenvalue weighted by molar-refractivity contribution is 0.589. The molecule has 0 saturated carbocycles. The number of nitrogens with zero attached hydrogens (tertiary/aromatic N) is 2. The number of benzene rings is 2. The van der Waals surface area contributed by atoms with Gasteiger partial charge in [-0.2, -0.15) is 0 Å². The molecular formula is C21H23FN2. The largest absolute Gasteiger partial charge is 0.365 e. The highest BCUT2D eigenvalue weighted by atomic mass is 19.1. The first-order chi connectivity index (χ1) is 11.3. The molecule has 3 heteroatoms. The zero-order valence-corrected chi connectivity index (χ0v) is 14.9. The van der Waals surface area contributed by atoms with Crippen molar-refractivity contribution in [1.29, 1.82) is 0 Å². The number of allylic oxidation sites excluding steroid dienone is 1. The van der Waals surface area contributed by atoms with Crippen LogP contribution in [-0.4, -0.2) is 18.8 Å². The molecule has 0 unspecified atom stereocenters. The van der Waals surface area contributed by atoms with Crippen molar-refractivity contribution in [3.05, 3.63) is 65.0 Å². The van der Waals surface area contributed by atoms with Gasteiger partial charge in [0.25, 0.3) is 0 Å². The van der Waals surface area contributed by atoms with Crippen LogP contribution in [0.1, 0.15) is 37.5 Å². The van der Waals surface area contributed by atoms with Gasteiger partial charge in [0.15, 0.2) is 0 Å². The van der Waals surface area contributed by atoms with E-state index in [1.165, 1.54) is 5.56 Å². The summed E-state index contributed by atoms with van der Waals surface area (Å²) >= 11 is 0. The fourth-order valence-corrected chi connectivity index (χ4v) is 3.06. The van der Waals surface area contributed by atoms with E-state index in [9.17, 15) is 4.39 Å². The van der Waals surface area contributed by atoms with Crippen LogP contribution >= 0.6 is 0 Å². The molecule has 2 aromatic rings. The third-order valence-electron chi connectivity index (χ3n) is 4.72. The van der Waals surface area contributed by atoms with Crippen LogP contribution in [0.3, 0.4) is 0 Å². The van der Waals surface area contributed by atoms with Crippen molar-refractivity contribution in [3.63, 3.8) is 0 Å².